The monoisotopic (exact) mass is 380 g/mol. The molecule has 2 aromatic rings. The number of amides is 1. The number of rotatable bonds is 5. The summed E-state index contributed by atoms with van der Waals surface area (Å²) in [5.74, 6) is -1.91. The first-order valence-corrected chi connectivity index (χ1v) is 9.09. The number of likely N-dealkylation sites (tertiary alicyclic amines) is 1. The molecule has 1 aliphatic heterocycles. The van der Waals surface area contributed by atoms with Gasteiger partial charge in [-0.25, -0.2) is 0 Å². The number of aliphatic hydroxyl groups is 1. The molecule has 1 aliphatic rings. The summed E-state index contributed by atoms with van der Waals surface area (Å²) in [6.07, 6.45) is 0. The minimum absolute atomic E-state index is 0.00545. The van der Waals surface area contributed by atoms with E-state index < -0.39 is 17.7 Å². The fourth-order valence-electron chi connectivity index (χ4n) is 3.33. The third-order valence-electron chi connectivity index (χ3n) is 4.88. The predicted molar refractivity (Wildman–Crippen MR) is 107 cm³/mol. The standard InChI is InChI=1S/C22H24N2O4/c1-14-8-10-15(11-9-14)19-18(20(26)16-6-4-5-7-17(16)25)21(27)22(28)24(19)13-12-23(2)3/h4-11,19,25-26H,12-13H2,1-3H3/t19-/m1/s1. The van der Waals surface area contributed by atoms with Crippen molar-refractivity contribution in [2.24, 2.45) is 0 Å². The smallest absolute Gasteiger partial charge is 0.295 e. The van der Waals surface area contributed by atoms with Crippen molar-refractivity contribution < 1.29 is 19.8 Å². The molecule has 0 spiro atoms. The molecule has 0 radical (unpaired) electrons. The number of aliphatic hydroxyl groups excluding tert-OH is 1. The van der Waals surface area contributed by atoms with E-state index in [0.717, 1.165) is 11.1 Å². The molecule has 0 bridgehead atoms. The maximum Gasteiger partial charge on any atom is 0.295 e. The lowest BCUT2D eigenvalue weighted by molar-refractivity contribution is -0.140. The van der Waals surface area contributed by atoms with E-state index in [9.17, 15) is 19.8 Å². The number of benzene rings is 2. The highest BCUT2D eigenvalue weighted by atomic mass is 16.3. The van der Waals surface area contributed by atoms with Crippen molar-refractivity contribution in [3.8, 4) is 5.75 Å². The molecule has 6 heteroatoms. The highest BCUT2D eigenvalue weighted by Crippen LogP contribution is 2.40. The normalized spacial score (nSPS) is 18.9. The molecule has 2 aromatic carbocycles. The van der Waals surface area contributed by atoms with Crippen molar-refractivity contribution in [3.63, 3.8) is 0 Å². The molecule has 0 saturated carbocycles. The molecule has 6 nitrogen and oxygen atoms in total. The van der Waals surface area contributed by atoms with Gasteiger partial charge in [0.1, 0.15) is 11.5 Å². The number of Topliss-reactive ketones (excluding diaryl/α,β-unsaturated/α-hetero) is 1. The summed E-state index contributed by atoms with van der Waals surface area (Å²) >= 11 is 0. The number of hydrogen-bond donors (Lipinski definition) is 2. The van der Waals surface area contributed by atoms with E-state index in [2.05, 4.69) is 0 Å². The Hall–Kier alpha value is -3.12. The molecule has 3 rings (SSSR count). The average Bonchev–Trinajstić information content (AvgIpc) is 2.91. The minimum atomic E-state index is -0.745. The molecular weight excluding hydrogens is 356 g/mol. The molecule has 1 amide bonds. The summed E-state index contributed by atoms with van der Waals surface area (Å²) in [6, 6.07) is 13.0. The van der Waals surface area contributed by atoms with Gasteiger partial charge in [0.05, 0.1) is 17.2 Å². The topological polar surface area (TPSA) is 81.1 Å². The van der Waals surface area contributed by atoms with Crippen LogP contribution in [0, 0.1) is 6.92 Å². The summed E-state index contributed by atoms with van der Waals surface area (Å²) in [6.45, 7) is 2.87. The zero-order chi connectivity index (χ0) is 20.4. The number of ketones is 1. The van der Waals surface area contributed by atoms with Crippen LogP contribution < -0.4 is 0 Å². The first kappa shape index (κ1) is 19.6. The molecule has 1 atom stereocenters. The van der Waals surface area contributed by atoms with Crippen LogP contribution in [0.4, 0.5) is 0 Å². The fourth-order valence-corrected chi connectivity index (χ4v) is 3.33. The lowest BCUT2D eigenvalue weighted by atomic mass is 9.94. The quantitative estimate of drug-likeness (QED) is 0.474. The molecule has 0 unspecified atom stereocenters. The van der Waals surface area contributed by atoms with Gasteiger partial charge in [0.2, 0.25) is 0 Å². The molecule has 146 valence electrons. The average molecular weight is 380 g/mol. The summed E-state index contributed by atoms with van der Waals surface area (Å²) in [7, 11) is 3.78. The number of nitrogens with zero attached hydrogens (tertiary/aromatic N) is 2. The van der Waals surface area contributed by atoms with E-state index in [-0.39, 0.29) is 22.6 Å². The summed E-state index contributed by atoms with van der Waals surface area (Å²) in [4.78, 5) is 29.0. The predicted octanol–water partition coefficient (Wildman–Crippen LogP) is 2.68. The third kappa shape index (κ3) is 3.64. The second-order valence-corrected chi connectivity index (χ2v) is 7.22. The van der Waals surface area contributed by atoms with E-state index in [1.165, 1.54) is 17.0 Å². The molecular formula is C22H24N2O4. The van der Waals surface area contributed by atoms with Crippen LogP contribution in [0.2, 0.25) is 0 Å². The Kier molecular flexibility index (Phi) is 5.51. The second-order valence-electron chi connectivity index (χ2n) is 7.22. The van der Waals surface area contributed by atoms with E-state index in [4.69, 9.17) is 0 Å². The fraction of sp³-hybridized carbons (Fsp3) is 0.273. The Morgan fingerprint density at radius 2 is 1.71 bits per heavy atom. The van der Waals surface area contributed by atoms with Crippen molar-refractivity contribution in [3.05, 3.63) is 70.8 Å². The van der Waals surface area contributed by atoms with Gasteiger partial charge in [0.15, 0.2) is 0 Å². The van der Waals surface area contributed by atoms with Gasteiger partial charge in [-0.2, -0.15) is 0 Å². The van der Waals surface area contributed by atoms with Crippen LogP contribution in [-0.4, -0.2) is 58.9 Å². The van der Waals surface area contributed by atoms with Gasteiger partial charge in [-0.05, 0) is 38.7 Å². The summed E-state index contributed by atoms with van der Waals surface area (Å²) in [5.41, 5.74) is 1.91. The van der Waals surface area contributed by atoms with Gasteiger partial charge in [0, 0.05) is 13.1 Å². The van der Waals surface area contributed by atoms with Crippen molar-refractivity contribution in [2.75, 3.05) is 27.2 Å². The van der Waals surface area contributed by atoms with Crippen LogP contribution >= 0.6 is 0 Å². The highest BCUT2D eigenvalue weighted by Gasteiger charge is 2.46. The molecule has 0 aliphatic carbocycles. The molecule has 1 heterocycles. The van der Waals surface area contributed by atoms with Crippen molar-refractivity contribution in [1.29, 1.82) is 0 Å². The Balaban J connectivity index is 2.16. The Labute approximate surface area is 164 Å². The van der Waals surface area contributed by atoms with Crippen LogP contribution in [0.1, 0.15) is 22.7 Å². The van der Waals surface area contributed by atoms with Crippen molar-refractivity contribution in [1.82, 2.24) is 9.80 Å². The van der Waals surface area contributed by atoms with Gasteiger partial charge < -0.3 is 20.0 Å². The van der Waals surface area contributed by atoms with Gasteiger partial charge >= 0.3 is 0 Å². The third-order valence-corrected chi connectivity index (χ3v) is 4.88. The van der Waals surface area contributed by atoms with Crippen molar-refractivity contribution in [2.45, 2.75) is 13.0 Å². The maximum absolute atomic E-state index is 12.8. The number of hydrogen-bond acceptors (Lipinski definition) is 5. The number of aryl methyl sites for hydroxylation is 1. The van der Waals surface area contributed by atoms with Gasteiger partial charge in [0.25, 0.3) is 11.7 Å². The van der Waals surface area contributed by atoms with E-state index in [0.29, 0.717) is 13.1 Å². The van der Waals surface area contributed by atoms with E-state index >= 15 is 0 Å². The molecule has 1 saturated heterocycles. The summed E-state index contributed by atoms with van der Waals surface area (Å²) in [5, 5.41) is 21.0. The number of para-hydroxylation sites is 1. The second kappa shape index (κ2) is 7.86. The Morgan fingerprint density at radius 1 is 1.07 bits per heavy atom. The number of likely N-dealkylation sites (N-methyl/N-ethyl adjacent to an activating group) is 1. The molecule has 28 heavy (non-hydrogen) atoms. The number of phenolic OH excluding ortho intramolecular Hbond substituents is 1. The Bertz CT molecular complexity index is 932. The highest BCUT2D eigenvalue weighted by molar-refractivity contribution is 6.46. The molecule has 0 aromatic heterocycles. The van der Waals surface area contributed by atoms with Gasteiger partial charge in [-0.1, -0.05) is 42.0 Å². The van der Waals surface area contributed by atoms with E-state index in [1.807, 2.05) is 50.2 Å². The maximum atomic E-state index is 12.8. The molecule has 2 N–H and O–H groups in total. The Morgan fingerprint density at radius 3 is 2.32 bits per heavy atom. The van der Waals surface area contributed by atoms with E-state index in [1.54, 1.807) is 12.1 Å². The van der Waals surface area contributed by atoms with Crippen LogP contribution in [0.3, 0.4) is 0 Å². The summed E-state index contributed by atoms with van der Waals surface area (Å²) < 4.78 is 0. The van der Waals surface area contributed by atoms with Crippen LogP contribution in [-0.2, 0) is 9.59 Å². The van der Waals surface area contributed by atoms with Crippen LogP contribution in [0.15, 0.2) is 54.1 Å². The van der Waals surface area contributed by atoms with Gasteiger partial charge in [-0.15, -0.1) is 0 Å². The van der Waals surface area contributed by atoms with Crippen molar-refractivity contribution >= 4 is 17.4 Å². The molecule has 1 fully saturated rings. The number of phenols is 1. The largest absolute Gasteiger partial charge is 0.507 e. The lowest BCUT2D eigenvalue weighted by Crippen LogP contribution is -2.35. The number of carbonyl (C=O) groups excluding carboxylic acids is 2. The zero-order valence-electron chi connectivity index (χ0n) is 16.2. The first-order valence-electron chi connectivity index (χ1n) is 9.09. The van der Waals surface area contributed by atoms with Gasteiger partial charge in [-0.3, -0.25) is 9.59 Å². The first-order chi connectivity index (χ1) is 13.3. The number of carbonyl (C=O) groups is 2. The SMILES string of the molecule is Cc1ccc([C@@H]2C(=C(O)c3ccccc3O)C(=O)C(=O)N2CCN(C)C)cc1. The minimum Gasteiger partial charge on any atom is -0.507 e. The zero-order valence-corrected chi connectivity index (χ0v) is 16.2. The van der Waals surface area contributed by atoms with Crippen LogP contribution in [0.25, 0.3) is 5.76 Å². The number of aromatic hydroxyl groups is 1. The van der Waals surface area contributed by atoms with Crippen LogP contribution in [0.5, 0.6) is 5.75 Å². The lowest BCUT2D eigenvalue weighted by Gasteiger charge is -2.26.